The molecule has 0 spiro atoms. The highest BCUT2D eigenvalue weighted by molar-refractivity contribution is 5.97. The summed E-state index contributed by atoms with van der Waals surface area (Å²) in [5, 5.41) is 43.7. The molecule has 2 fully saturated rings. The normalized spacial score (nSPS) is 27.7. The van der Waals surface area contributed by atoms with Gasteiger partial charge in [-0.3, -0.25) is 38.5 Å². The van der Waals surface area contributed by atoms with Crippen LogP contribution < -0.4 is 26.6 Å². The lowest BCUT2D eigenvalue weighted by molar-refractivity contribution is -0.143. The summed E-state index contributed by atoms with van der Waals surface area (Å²) in [5.74, 6) is -7.22. The predicted octanol–water partition coefficient (Wildman–Crippen LogP) is 0.132. The Morgan fingerprint density at radius 3 is 2.09 bits per heavy atom. The molecule has 294 valence electrons. The van der Waals surface area contributed by atoms with Gasteiger partial charge in [0.25, 0.3) is 0 Å². The van der Waals surface area contributed by atoms with Crippen LogP contribution in [0.4, 0.5) is 0 Å². The van der Waals surface area contributed by atoms with E-state index in [0.717, 1.165) is 0 Å². The Balaban J connectivity index is 2.16. The zero-order valence-electron chi connectivity index (χ0n) is 31.6. The highest BCUT2D eigenvalue weighted by Gasteiger charge is 2.44. The molecule has 5 amide bonds. The van der Waals surface area contributed by atoms with Crippen molar-refractivity contribution in [3.63, 3.8) is 0 Å². The number of hydrogen-bond donors (Lipinski definition) is 8. The highest BCUT2D eigenvalue weighted by Crippen LogP contribution is 2.24. The molecule has 0 saturated carbocycles. The Bertz CT molecular complexity index is 1510. The number of aliphatic hydroxyl groups is 1. The van der Waals surface area contributed by atoms with Gasteiger partial charge in [-0.05, 0) is 84.0 Å². The van der Waals surface area contributed by atoms with E-state index < -0.39 is 108 Å². The van der Waals surface area contributed by atoms with Gasteiger partial charge in [-0.2, -0.15) is 0 Å². The van der Waals surface area contributed by atoms with Crippen LogP contribution in [0, 0.1) is 11.8 Å². The number of benzene rings is 1. The molecule has 2 aliphatic rings. The summed E-state index contributed by atoms with van der Waals surface area (Å²) in [4.78, 5) is 96.7. The van der Waals surface area contributed by atoms with E-state index in [1.807, 2.05) is 13.8 Å². The Morgan fingerprint density at radius 1 is 0.906 bits per heavy atom. The number of hydrogen-bond acceptors (Lipinski definition) is 10. The molecule has 16 heteroatoms. The number of aromatic hydroxyl groups is 1. The summed E-state index contributed by atoms with van der Waals surface area (Å²) < 4.78 is 0. The third-order valence-corrected chi connectivity index (χ3v) is 9.29. The van der Waals surface area contributed by atoms with Crippen LogP contribution in [0.2, 0.25) is 0 Å². The average Bonchev–Trinajstić information content (AvgIpc) is 3.50. The summed E-state index contributed by atoms with van der Waals surface area (Å²) in [6, 6.07) is -0.945. The van der Waals surface area contributed by atoms with Gasteiger partial charge in [0.15, 0.2) is 5.78 Å². The van der Waals surface area contributed by atoms with Gasteiger partial charge in [0, 0.05) is 18.4 Å². The lowest BCUT2D eigenvalue weighted by Crippen LogP contribution is -2.65. The van der Waals surface area contributed by atoms with Crippen molar-refractivity contribution in [3.8, 4) is 5.75 Å². The standard InChI is InChI=1S/C37H56N6O10/c1-19(2)15-25-28(46)17-23(18-29(47)48)32(49)41-30(21(4)44)35(52)38-20(3)31(36(53)42-37(5,6)7)43-14-8-9-27(43)34(51)40-26(33(50)39-25)16-22-10-12-24(45)13-11-22/h10-13,19-21,23,25-27,30-31,44-45H,8-9,14-18H2,1-7H3,(H,38,52)(H,39,50)(H,40,51)(H,41,49)(H,42,53)(H,47,48)/t20-,21+,23-,25-,26-,27-,30-,31+/m0/s1. The number of aliphatic hydroxyl groups excluding tert-OH is 1. The van der Waals surface area contributed by atoms with Crippen molar-refractivity contribution < 1.29 is 48.9 Å². The zero-order valence-corrected chi connectivity index (χ0v) is 31.6. The molecule has 0 bridgehead atoms. The van der Waals surface area contributed by atoms with Crippen LogP contribution in [0.5, 0.6) is 5.75 Å². The monoisotopic (exact) mass is 744 g/mol. The molecule has 8 atom stereocenters. The Hall–Kier alpha value is -4.57. The molecule has 1 aromatic carbocycles. The predicted molar refractivity (Wildman–Crippen MR) is 193 cm³/mol. The minimum Gasteiger partial charge on any atom is -0.508 e. The number of phenols is 1. The lowest BCUT2D eigenvalue weighted by Gasteiger charge is -2.38. The van der Waals surface area contributed by atoms with Gasteiger partial charge in [0.05, 0.1) is 36.6 Å². The molecule has 1 aromatic rings. The van der Waals surface area contributed by atoms with Crippen LogP contribution in [0.1, 0.15) is 86.1 Å². The molecule has 2 heterocycles. The molecule has 0 unspecified atom stereocenters. The number of carbonyl (C=O) groups excluding carboxylic acids is 6. The SMILES string of the molecule is CC(C)C[C@@H]1NC(=O)[C@H](Cc2ccc(O)cc2)NC(=O)[C@@H]2CCCN2[C@@H](C(=O)NC(C)(C)C)[C@H](C)NC(=O)[C@H]([C@@H](C)O)NC(=O)[C@H](CC(=O)O)CC1=O. The van der Waals surface area contributed by atoms with Gasteiger partial charge in [-0.25, -0.2) is 0 Å². The lowest BCUT2D eigenvalue weighted by atomic mass is 9.90. The third-order valence-electron chi connectivity index (χ3n) is 9.29. The van der Waals surface area contributed by atoms with E-state index in [1.54, 1.807) is 44.7 Å². The van der Waals surface area contributed by atoms with Crippen molar-refractivity contribution in [2.24, 2.45) is 11.8 Å². The first-order valence-corrected chi connectivity index (χ1v) is 18.2. The zero-order chi connectivity index (χ0) is 39.8. The largest absolute Gasteiger partial charge is 0.508 e. The minimum absolute atomic E-state index is 0.00311. The average molecular weight is 745 g/mol. The van der Waals surface area contributed by atoms with Crippen molar-refractivity contribution in [2.75, 3.05) is 6.54 Å². The molecule has 2 aliphatic heterocycles. The smallest absolute Gasteiger partial charge is 0.304 e. The fraction of sp³-hybridized carbons (Fsp3) is 0.649. The van der Waals surface area contributed by atoms with Gasteiger partial charge in [0.1, 0.15) is 23.9 Å². The number of nitrogens with one attached hydrogen (secondary N) is 5. The number of phenolic OH excluding ortho intramolecular Hbond substituents is 1. The number of Topliss-reactive ketones (excluding diaryl/α,β-unsaturated/α-hetero) is 1. The van der Waals surface area contributed by atoms with E-state index in [4.69, 9.17) is 0 Å². The number of carboxylic acid groups (broad SMARTS) is 1. The van der Waals surface area contributed by atoms with E-state index in [-0.39, 0.29) is 31.1 Å². The molecule has 0 aliphatic carbocycles. The topological polar surface area (TPSA) is 244 Å². The first-order chi connectivity index (χ1) is 24.7. The maximum absolute atomic E-state index is 14.2. The maximum atomic E-state index is 14.2. The molecule has 0 aromatic heterocycles. The van der Waals surface area contributed by atoms with Crippen LogP contribution in [0.15, 0.2) is 24.3 Å². The Morgan fingerprint density at radius 2 is 1.53 bits per heavy atom. The molecule has 0 radical (unpaired) electrons. The van der Waals surface area contributed by atoms with Crippen LogP contribution in [0.3, 0.4) is 0 Å². The van der Waals surface area contributed by atoms with Crippen molar-refractivity contribution in [2.45, 2.75) is 135 Å². The Kier molecular flexibility index (Phi) is 14.9. The van der Waals surface area contributed by atoms with Crippen LogP contribution in [0.25, 0.3) is 0 Å². The van der Waals surface area contributed by atoms with E-state index in [1.165, 1.54) is 19.1 Å². The van der Waals surface area contributed by atoms with Crippen molar-refractivity contribution in [1.82, 2.24) is 31.5 Å². The van der Waals surface area contributed by atoms with Crippen molar-refractivity contribution >= 4 is 41.3 Å². The second-order valence-corrected chi connectivity index (χ2v) is 15.7. The first-order valence-electron chi connectivity index (χ1n) is 18.2. The third kappa shape index (κ3) is 12.5. The van der Waals surface area contributed by atoms with E-state index in [9.17, 15) is 48.9 Å². The van der Waals surface area contributed by atoms with E-state index in [2.05, 4.69) is 26.6 Å². The maximum Gasteiger partial charge on any atom is 0.304 e. The Labute approximate surface area is 310 Å². The molecule has 8 N–H and O–H groups in total. The second kappa shape index (κ2) is 18.5. The van der Waals surface area contributed by atoms with Crippen LogP contribution >= 0.6 is 0 Å². The minimum atomic E-state index is -1.59. The number of carbonyl (C=O) groups is 7. The number of nitrogens with zero attached hydrogens (tertiary/aromatic N) is 1. The number of rotatable bonds is 8. The van der Waals surface area contributed by atoms with Gasteiger partial charge in [-0.1, -0.05) is 26.0 Å². The van der Waals surface area contributed by atoms with Gasteiger partial charge in [0.2, 0.25) is 29.5 Å². The van der Waals surface area contributed by atoms with Crippen molar-refractivity contribution in [3.05, 3.63) is 29.8 Å². The summed E-state index contributed by atoms with van der Waals surface area (Å²) in [5.41, 5.74) is -0.110. The summed E-state index contributed by atoms with van der Waals surface area (Å²) in [7, 11) is 0. The molecule has 2 saturated heterocycles. The summed E-state index contributed by atoms with van der Waals surface area (Å²) >= 11 is 0. The molecule has 53 heavy (non-hydrogen) atoms. The number of aliphatic carboxylic acids is 1. The summed E-state index contributed by atoms with van der Waals surface area (Å²) in [6.45, 7) is 12.1. The number of carboxylic acids is 1. The van der Waals surface area contributed by atoms with Gasteiger partial charge >= 0.3 is 5.97 Å². The second-order valence-electron chi connectivity index (χ2n) is 15.7. The van der Waals surface area contributed by atoms with E-state index >= 15 is 0 Å². The van der Waals surface area contributed by atoms with Crippen LogP contribution in [-0.2, 0) is 40.0 Å². The molecular weight excluding hydrogens is 688 g/mol. The first kappa shape index (κ1) is 42.8. The van der Waals surface area contributed by atoms with Crippen molar-refractivity contribution in [1.29, 1.82) is 0 Å². The number of fused-ring (bicyclic) bond motifs is 1. The molecule has 16 nitrogen and oxygen atoms in total. The van der Waals surface area contributed by atoms with E-state index in [0.29, 0.717) is 18.4 Å². The number of ketones is 1. The fourth-order valence-corrected chi connectivity index (χ4v) is 6.79. The molecular formula is C37H56N6O10. The summed E-state index contributed by atoms with van der Waals surface area (Å²) in [6.07, 6.45) is -1.93. The quantitative estimate of drug-likeness (QED) is 0.178. The fourth-order valence-electron chi connectivity index (χ4n) is 6.79. The molecule has 3 rings (SSSR count). The highest BCUT2D eigenvalue weighted by atomic mass is 16.4. The van der Waals surface area contributed by atoms with Crippen LogP contribution in [-0.4, -0.2) is 116 Å². The van der Waals surface area contributed by atoms with Gasteiger partial charge in [-0.15, -0.1) is 0 Å². The number of amides is 5. The van der Waals surface area contributed by atoms with Gasteiger partial charge < -0.3 is 41.9 Å².